The molecule has 0 spiro atoms. The number of benzene rings is 1. The van der Waals surface area contributed by atoms with Crippen LogP contribution in [0.2, 0.25) is 0 Å². The van der Waals surface area contributed by atoms with Gasteiger partial charge in [0.15, 0.2) is 0 Å². The largest absolute Gasteiger partial charge is 0.359 e. The van der Waals surface area contributed by atoms with E-state index in [0.717, 1.165) is 30.3 Å². The maximum atomic E-state index is 4.40. The Morgan fingerprint density at radius 3 is 2.64 bits per heavy atom. The second-order valence-electron chi connectivity index (χ2n) is 6.16. The van der Waals surface area contributed by atoms with E-state index in [1.54, 1.807) is 6.33 Å². The second kappa shape index (κ2) is 7.75. The Hall–Kier alpha value is -2.95. The Labute approximate surface area is 148 Å². The molecule has 0 saturated heterocycles. The molecule has 0 aliphatic heterocycles. The van der Waals surface area contributed by atoms with Gasteiger partial charge < -0.3 is 10.2 Å². The van der Waals surface area contributed by atoms with Crippen molar-refractivity contribution in [3.05, 3.63) is 71.8 Å². The van der Waals surface area contributed by atoms with Crippen molar-refractivity contribution in [1.29, 1.82) is 0 Å². The van der Waals surface area contributed by atoms with Crippen LogP contribution in [-0.2, 0) is 6.42 Å². The van der Waals surface area contributed by atoms with Gasteiger partial charge in [0.2, 0.25) is 0 Å². The van der Waals surface area contributed by atoms with Gasteiger partial charge in [-0.1, -0.05) is 12.1 Å². The van der Waals surface area contributed by atoms with Gasteiger partial charge in [-0.3, -0.25) is 4.98 Å². The van der Waals surface area contributed by atoms with E-state index in [1.807, 2.05) is 43.7 Å². The number of pyridine rings is 1. The van der Waals surface area contributed by atoms with E-state index in [9.17, 15) is 0 Å². The van der Waals surface area contributed by atoms with E-state index in [-0.39, 0.29) is 0 Å². The Kier molecular flexibility index (Phi) is 5.23. The molecule has 0 atom stereocenters. The highest BCUT2D eigenvalue weighted by atomic mass is 15.2. The molecule has 5 nitrogen and oxygen atoms in total. The first kappa shape index (κ1) is 16.9. The smallest absolute Gasteiger partial charge is 0.135 e. The molecule has 0 aliphatic rings. The van der Waals surface area contributed by atoms with Gasteiger partial charge in [-0.05, 0) is 55.2 Å². The molecule has 0 bridgehead atoms. The number of aromatic nitrogens is 3. The van der Waals surface area contributed by atoms with Crippen molar-refractivity contribution in [2.75, 3.05) is 23.8 Å². The zero-order valence-electron chi connectivity index (χ0n) is 14.9. The van der Waals surface area contributed by atoms with Crippen molar-refractivity contribution in [1.82, 2.24) is 15.0 Å². The van der Waals surface area contributed by atoms with Gasteiger partial charge in [-0.2, -0.15) is 0 Å². The number of nitrogens with one attached hydrogen (secondary N) is 1. The van der Waals surface area contributed by atoms with Crippen LogP contribution in [0.3, 0.4) is 0 Å². The van der Waals surface area contributed by atoms with E-state index < -0.39 is 0 Å². The molecule has 2 heterocycles. The minimum atomic E-state index is 0.800. The van der Waals surface area contributed by atoms with Crippen LogP contribution in [0.5, 0.6) is 0 Å². The van der Waals surface area contributed by atoms with Gasteiger partial charge in [-0.25, -0.2) is 9.97 Å². The summed E-state index contributed by atoms with van der Waals surface area (Å²) in [6, 6.07) is 12.3. The van der Waals surface area contributed by atoms with E-state index >= 15 is 0 Å². The highest BCUT2D eigenvalue weighted by Crippen LogP contribution is 2.23. The summed E-state index contributed by atoms with van der Waals surface area (Å²) in [5.41, 5.74) is 4.83. The molecule has 0 amide bonds. The lowest BCUT2D eigenvalue weighted by molar-refractivity contribution is 0.855. The summed E-state index contributed by atoms with van der Waals surface area (Å²) in [6.07, 6.45) is 6.20. The zero-order valence-corrected chi connectivity index (χ0v) is 14.9. The van der Waals surface area contributed by atoms with Crippen LogP contribution in [0.25, 0.3) is 0 Å². The third-order valence-corrected chi connectivity index (χ3v) is 4.40. The van der Waals surface area contributed by atoms with Crippen LogP contribution >= 0.6 is 0 Å². The van der Waals surface area contributed by atoms with Crippen molar-refractivity contribution in [2.45, 2.75) is 20.3 Å². The number of hydrogen-bond acceptors (Lipinski definition) is 5. The Morgan fingerprint density at radius 2 is 1.84 bits per heavy atom. The standard InChI is InChI=1S/C20H23N5/c1-15-5-4-6-18(16(15)2)24-19-13-20(23-14-22-19)25(3)12-9-17-7-10-21-11-8-17/h4-8,10-11,13-14H,9,12H2,1-3H3,(H,22,23,24). The zero-order chi connectivity index (χ0) is 17.6. The summed E-state index contributed by atoms with van der Waals surface area (Å²) in [5.74, 6) is 1.70. The van der Waals surface area contributed by atoms with Gasteiger partial charge in [0, 0.05) is 37.7 Å². The highest BCUT2D eigenvalue weighted by Gasteiger charge is 2.07. The van der Waals surface area contributed by atoms with Crippen LogP contribution in [0, 0.1) is 13.8 Å². The molecule has 3 aromatic rings. The van der Waals surface area contributed by atoms with Crippen molar-refractivity contribution in [2.24, 2.45) is 0 Å². The molecule has 0 fully saturated rings. The van der Waals surface area contributed by atoms with Crippen LogP contribution < -0.4 is 10.2 Å². The lowest BCUT2D eigenvalue weighted by atomic mass is 10.1. The summed E-state index contributed by atoms with van der Waals surface area (Å²) in [7, 11) is 2.05. The maximum absolute atomic E-state index is 4.40. The molecule has 0 saturated carbocycles. The molecule has 0 aliphatic carbocycles. The number of hydrogen-bond donors (Lipinski definition) is 1. The number of anilines is 3. The number of nitrogens with zero attached hydrogens (tertiary/aromatic N) is 4. The molecule has 5 heteroatoms. The monoisotopic (exact) mass is 333 g/mol. The van der Waals surface area contributed by atoms with Gasteiger partial charge in [0.05, 0.1) is 0 Å². The van der Waals surface area contributed by atoms with E-state index in [1.165, 1.54) is 16.7 Å². The lowest BCUT2D eigenvalue weighted by Gasteiger charge is -2.19. The van der Waals surface area contributed by atoms with Gasteiger partial charge >= 0.3 is 0 Å². The molecular weight excluding hydrogens is 310 g/mol. The van der Waals surface area contributed by atoms with Gasteiger partial charge in [0.25, 0.3) is 0 Å². The molecular formula is C20H23N5. The summed E-state index contributed by atoms with van der Waals surface area (Å²) < 4.78 is 0. The number of rotatable bonds is 6. The first-order chi connectivity index (χ1) is 12.1. The Balaban J connectivity index is 1.69. The molecule has 2 aromatic heterocycles. The lowest BCUT2D eigenvalue weighted by Crippen LogP contribution is -2.21. The van der Waals surface area contributed by atoms with Crippen LogP contribution in [-0.4, -0.2) is 28.5 Å². The molecule has 128 valence electrons. The summed E-state index contributed by atoms with van der Waals surface area (Å²) in [4.78, 5) is 14.9. The minimum absolute atomic E-state index is 0.800. The number of aryl methyl sites for hydroxylation is 1. The van der Waals surface area contributed by atoms with Crippen LogP contribution in [0.15, 0.2) is 55.1 Å². The van der Waals surface area contributed by atoms with E-state index in [4.69, 9.17) is 0 Å². The minimum Gasteiger partial charge on any atom is -0.359 e. The average Bonchev–Trinajstić information content (AvgIpc) is 2.64. The normalized spacial score (nSPS) is 10.5. The third kappa shape index (κ3) is 4.32. The van der Waals surface area contributed by atoms with Gasteiger partial charge in [0.1, 0.15) is 18.0 Å². The molecule has 1 N–H and O–H groups in total. The predicted octanol–water partition coefficient (Wildman–Crippen LogP) is 3.91. The van der Waals surface area contributed by atoms with Crippen molar-refractivity contribution >= 4 is 17.3 Å². The first-order valence-electron chi connectivity index (χ1n) is 8.39. The quantitative estimate of drug-likeness (QED) is 0.741. The first-order valence-corrected chi connectivity index (χ1v) is 8.39. The highest BCUT2D eigenvalue weighted by molar-refractivity contribution is 5.63. The summed E-state index contributed by atoms with van der Waals surface area (Å²) >= 11 is 0. The fourth-order valence-electron chi connectivity index (χ4n) is 2.61. The van der Waals surface area contributed by atoms with Crippen molar-refractivity contribution in [3.8, 4) is 0 Å². The van der Waals surface area contributed by atoms with E-state index in [2.05, 4.69) is 51.1 Å². The SMILES string of the molecule is Cc1cccc(Nc2cc(N(C)CCc3ccncc3)ncn2)c1C. The molecule has 25 heavy (non-hydrogen) atoms. The van der Waals surface area contributed by atoms with Crippen LogP contribution in [0.1, 0.15) is 16.7 Å². The Bertz CT molecular complexity index is 832. The summed E-state index contributed by atoms with van der Waals surface area (Å²) in [6.45, 7) is 5.10. The molecule has 1 aromatic carbocycles. The summed E-state index contributed by atoms with van der Waals surface area (Å²) in [5, 5.41) is 3.40. The van der Waals surface area contributed by atoms with Gasteiger partial charge in [-0.15, -0.1) is 0 Å². The molecule has 0 unspecified atom stereocenters. The Morgan fingerprint density at radius 1 is 1.04 bits per heavy atom. The maximum Gasteiger partial charge on any atom is 0.135 e. The van der Waals surface area contributed by atoms with Crippen LogP contribution in [0.4, 0.5) is 17.3 Å². The van der Waals surface area contributed by atoms with E-state index in [0.29, 0.717) is 0 Å². The molecule has 0 radical (unpaired) electrons. The molecule has 3 rings (SSSR count). The fraction of sp³-hybridized carbons (Fsp3) is 0.250. The second-order valence-corrected chi connectivity index (χ2v) is 6.16. The van der Waals surface area contributed by atoms with Crippen molar-refractivity contribution < 1.29 is 0 Å². The fourth-order valence-corrected chi connectivity index (χ4v) is 2.61. The average molecular weight is 333 g/mol. The van der Waals surface area contributed by atoms with Crippen molar-refractivity contribution in [3.63, 3.8) is 0 Å². The predicted molar refractivity (Wildman–Crippen MR) is 102 cm³/mol. The topological polar surface area (TPSA) is 53.9 Å². The number of likely N-dealkylation sites (N-methyl/N-ethyl adjacent to an activating group) is 1. The third-order valence-electron chi connectivity index (χ3n) is 4.40.